The molecule has 7 heteroatoms. The molecular formula is C9H17N3O3S. The van der Waals surface area contributed by atoms with E-state index in [1.54, 1.807) is 0 Å². The van der Waals surface area contributed by atoms with E-state index in [4.69, 9.17) is 16.6 Å². The lowest BCUT2D eigenvalue weighted by atomic mass is 9.92. The Morgan fingerprint density at radius 3 is 2.12 bits per heavy atom. The van der Waals surface area contributed by atoms with E-state index >= 15 is 0 Å². The molecule has 92 valence electrons. The minimum absolute atomic E-state index is 0.617. The first kappa shape index (κ1) is 15.1. The third-order valence-electron chi connectivity index (χ3n) is 2.08. The van der Waals surface area contributed by atoms with Gasteiger partial charge in [-0.1, -0.05) is 0 Å². The normalized spacial score (nSPS) is 18.1. The van der Waals surface area contributed by atoms with Crippen molar-refractivity contribution in [1.82, 2.24) is 0 Å². The summed E-state index contributed by atoms with van der Waals surface area (Å²) >= 11 is 3.86. The zero-order chi connectivity index (χ0) is 13.1. The SMILES string of the molecule is CC(C)(N)C(=O)/N=C/C(C)(C(=O)O)C(N)S. The highest BCUT2D eigenvalue weighted by atomic mass is 32.1. The smallest absolute Gasteiger partial charge is 0.317 e. The third kappa shape index (κ3) is 3.58. The molecule has 0 saturated heterocycles. The lowest BCUT2D eigenvalue weighted by Crippen LogP contribution is -2.45. The van der Waals surface area contributed by atoms with Crippen LogP contribution >= 0.6 is 12.6 Å². The number of thiol groups is 1. The van der Waals surface area contributed by atoms with E-state index in [1.165, 1.54) is 20.8 Å². The van der Waals surface area contributed by atoms with Gasteiger partial charge in [-0.3, -0.25) is 9.59 Å². The molecule has 0 spiro atoms. The van der Waals surface area contributed by atoms with Crippen molar-refractivity contribution in [1.29, 1.82) is 0 Å². The summed E-state index contributed by atoms with van der Waals surface area (Å²) in [6.45, 7) is 4.28. The molecule has 0 bridgehead atoms. The molecule has 0 aromatic rings. The largest absolute Gasteiger partial charge is 0.480 e. The molecule has 0 rings (SSSR count). The van der Waals surface area contributed by atoms with Crippen molar-refractivity contribution >= 4 is 30.7 Å². The second-order valence-corrected chi connectivity index (χ2v) is 4.87. The predicted octanol–water partition coefficient (Wildman–Crippen LogP) is -0.373. The van der Waals surface area contributed by atoms with E-state index < -0.39 is 28.2 Å². The van der Waals surface area contributed by atoms with Crippen LogP contribution in [0.2, 0.25) is 0 Å². The molecule has 6 nitrogen and oxygen atoms in total. The Kier molecular flexibility index (Phi) is 4.66. The first-order valence-corrected chi connectivity index (χ1v) is 5.09. The van der Waals surface area contributed by atoms with Crippen molar-refractivity contribution in [3.05, 3.63) is 0 Å². The van der Waals surface area contributed by atoms with Crippen LogP contribution in [0.5, 0.6) is 0 Å². The Morgan fingerprint density at radius 2 is 1.88 bits per heavy atom. The molecule has 0 aliphatic heterocycles. The van der Waals surface area contributed by atoms with Gasteiger partial charge in [0.05, 0.1) is 10.9 Å². The van der Waals surface area contributed by atoms with Gasteiger partial charge < -0.3 is 16.6 Å². The van der Waals surface area contributed by atoms with Gasteiger partial charge in [0, 0.05) is 6.21 Å². The molecule has 1 amide bonds. The van der Waals surface area contributed by atoms with Crippen LogP contribution in [0.25, 0.3) is 0 Å². The maximum atomic E-state index is 11.4. The van der Waals surface area contributed by atoms with E-state index in [0.29, 0.717) is 0 Å². The fraction of sp³-hybridized carbons (Fsp3) is 0.667. The molecular weight excluding hydrogens is 230 g/mol. The van der Waals surface area contributed by atoms with Crippen molar-refractivity contribution in [3.8, 4) is 0 Å². The summed E-state index contributed by atoms with van der Waals surface area (Å²) in [4.78, 5) is 25.8. The summed E-state index contributed by atoms with van der Waals surface area (Å²) in [5.74, 6) is -1.82. The summed E-state index contributed by atoms with van der Waals surface area (Å²) in [6, 6.07) is 0. The summed E-state index contributed by atoms with van der Waals surface area (Å²) in [7, 11) is 0. The number of carbonyl (C=O) groups excluding carboxylic acids is 1. The van der Waals surface area contributed by atoms with Crippen molar-refractivity contribution in [2.75, 3.05) is 0 Å². The number of rotatable bonds is 4. The molecule has 0 saturated carbocycles. The zero-order valence-corrected chi connectivity index (χ0v) is 10.4. The Hall–Kier alpha value is -0.920. The van der Waals surface area contributed by atoms with Crippen LogP contribution in [-0.2, 0) is 9.59 Å². The van der Waals surface area contributed by atoms with Gasteiger partial charge in [0.15, 0.2) is 0 Å². The van der Waals surface area contributed by atoms with E-state index in [9.17, 15) is 9.59 Å². The molecule has 16 heavy (non-hydrogen) atoms. The van der Waals surface area contributed by atoms with E-state index in [1.807, 2.05) is 0 Å². The van der Waals surface area contributed by atoms with Crippen LogP contribution in [0.3, 0.4) is 0 Å². The number of hydrogen-bond acceptors (Lipinski definition) is 5. The molecule has 0 heterocycles. The Labute approximate surface area is 99.5 Å². The number of hydrogen-bond donors (Lipinski definition) is 4. The molecule has 0 aromatic heterocycles. The van der Waals surface area contributed by atoms with Gasteiger partial charge in [0.25, 0.3) is 5.91 Å². The predicted molar refractivity (Wildman–Crippen MR) is 64.5 cm³/mol. The summed E-state index contributed by atoms with van der Waals surface area (Å²) in [5, 5.41) is 7.99. The van der Waals surface area contributed by atoms with Gasteiger partial charge in [-0.05, 0) is 20.8 Å². The molecule has 0 fully saturated rings. The lowest BCUT2D eigenvalue weighted by molar-refractivity contribution is -0.143. The quantitative estimate of drug-likeness (QED) is 0.307. The second-order valence-electron chi connectivity index (χ2n) is 4.32. The second kappa shape index (κ2) is 4.94. The van der Waals surface area contributed by atoms with Crippen LogP contribution in [-0.4, -0.2) is 34.1 Å². The molecule has 2 atom stereocenters. The maximum absolute atomic E-state index is 11.4. The summed E-state index contributed by atoms with van der Waals surface area (Å²) in [6.07, 6.45) is 0.976. The van der Waals surface area contributed by atoms with Gasteiger partial charge in [-0.15, -0.1) is 0 Å². The molecule has 5 N–H and O–H groups in total. The Bertz CT molecular complexity index is 322. The van der Waals surface area contributed by atoms with Crippen molar-refractivity contribution in [2.45, 2.75) is 31.7 Å². The van der Waals surface area contributed by atoms with E-state index in [-0.39, 0.29) is 0 Å². The average molecular weight is 247 g/mol. The Balaban J connectivity index is 5.00. The average Bonchev–Trinajstić information content (AvgIpc) is 2.11. The first-order valence-electron chi connectivity index (χ1n) is 4.57. The van der Waals surface area contributed by atoms with Crippen LogP contribution in [0.15, 0.2) is 4.99 Å². The number of carboxylic acid groups (broad SMARTS) is 1. The third-order valence-corrected chi connectivity index (χ3v) is 2.61. The fourth-order valence-corrected chi connectivity index (χ4v) is 0.794. The molecule has 0 aliphatic rings. The van der Waals surface area contributed by atoms with Crippen molar-refractivity contribution < 1.29 is 14.7 Å². The minimum atomic E-state index is -1.51. The molecule has 0 aromatic carbocycles. The van der Waals surface area contributed by atoms with Crippen molar-refractivity contribution in [2.24, 2.45) is 21.9 Å². The number of nitrogens with two attached hydrogens (primary N) is 2. The number of amides is 1. The topological polar surface area (TPSA) is 119 Å². The zero-order valence-electron chi connectivity index (χ0n) is 9.47. The van der Waals surface area contributed by atoms with Gasteiger partial charge in [-0.25, -0.2) is 4.99 Å². The van der Waals surface area contributed by atoms with Gasteiger partial charge in [0.1, 0.15) is 5.41 Å². The highest BCUT2D eigenvalue weighted by Gasteiger charge is 2.37. The number of aliphatic carboxylic acids is 1. The lowest BCUT2D eigenvalue weighted by Gasteiger charge is -2.23. The molecule has 0 aliphatic carbocycles. The molecule has 2 unspecified atom stereocenters. The maximum Gasteiger partial charge on any atom is 0.317 e. The number of nitrogens with zero attached hydrogens (tertiary/aromatic N) is 1. The van der Waals surface area contributed by atoms with Crippen LogP contribution in [0.4, 0.5) is 0 Å². The van der Waals surface area contributed by atoms with E-state index in [0.717, 1.165) is 6.21 Å². The minimum Gasteiger partial charge on any atom is -0.480 e. The molecule has 0 radical (unpaired) electrons. The highest BCUT2D eigenvalue weighted by Crippen LogP contribution is 2.20. The monoisotopic (exact) mass is 247 g/mol. The van der Waals surface area contributed by atoms with Gasteiger partial charge in [-0.2, -0.15) is 12.6 Å². The first-order chi connectivity index (χ1) is 7.01. The number of carbonyl (C=O) groups is 2. The van der Waals surface area contributed by atoms with Crippen LogP contribution in [0.1, 0.15) is 20.8 Å². The van der Waals surface area contributed by atoms with Crippen LogP contribution < -0.4 is 11.5 Å². The van der Waals surface area contributed by atoms with Crippen molar-refractivity contribution in [3.63, 3.8) is 0 Å². The van der Waals surface area contributed by atoms with Gasteiger partial charge >= 0.3 is 5.97 Å². The highest BCUT2D eigenvalue weighted by molar-refractivity contribution is 7.81. The number of carboxylic acids is 1. The van der Waals surface area contributed by atoms with E-state index in [2.05, 4.69) is 17.6 Å². The number of aliphatic imine (C=N–C) groups is 1. The Morgan fingerprint density at radius 1 is 1.44 bits per heavy atom. The van der Waals surface area contributed by atoms with Gasteiger partial charge in [0.2, 0.25) is 0 Å². The van der Waals surface area contributed by atoms with Crippen LogP contribution in [0, 0.1) is 5.41 Å². The summed E-state index contributed by atoms with van der Waals surface area (Å²) < 4.78 is 0. The standard InChI is InChI=1S/C9H17N3O3S/c1-8(2,11)6(13)12-4-9(3,5(10)16)7(14)15/h4-5,16H,10-11H2,1-3H3,(H,14,15)/b12-4+. The summed E-state index contributed by atoms with van der Waals surface area (Å²) in [5.41, 5.74) is 8.26. The fourth-order valence-electron chi connectivity index (χ4n) is 0.617.